The van der Waals surface area contributed by atoms with E-state index in [-0.39, 0.29) is 5.91 Å². The number of rotatable bonds is 7. The summed E-state index contributed by atoms with van der Waals surface area (Å²) in [6.07, 6.45) is 1.89. The van der Waals surface area contributed by atoms with Crippen molar-refractivity contribution in [1.29, 1.82) is 0 Å². The van der Waals surface area contributed by atoms with Crippen LogP contribution in [0.1, 0.15) is 53.0 Å². The number of benzene rings is 2. The Morgan fingerprint density at radius 1 is 0.972 bits per heavy atom. The maximum Gasteiger partial charge on any atom is 0.265 e. The fourth-order valence-corrected chi connectivity index (χ4v) is 6.85. The number of piperidine rings is 1. The Hall–Kier alpha value is -3.03. The molecule has 0 radical (unpaired) electrons. The highest BCUT2D eigenvalue weighted by atomic mass is 32.1. The summed E-state index contributed by atoms with van der Waals surface area (Å²) in [6, 6.07) is 18.8. The van der Waals surface area contributed by atoms with Gasteiger partial charge in [0, 0.05) is 54.3 Å². The Morgan fingerprint density at radius 2 is 1.67 bits per heavy atom. The normalized spacial score (nSPS) is 14.2. The van der Waals surface area contributed by atoms with Crippen LogP contribution in [0.5, 0.6) is 0 Å². The van der Waals surface area contributed by atoms with Gasteiger partial charge in [-0.05, 0) is 45.7 Å². The van der Waals surface area contributed by atoms with Crippen LogP contribution in [0, 0.1) is 6.92 Å². The number of hydrogen-bond donors (Lipinski definition) is 0. The van der Waals surface area contributed by atoms with E-state index in [1.54, 1.807) is 11.3 Å². The van der Waals surface area contributed by atoms with E-state index < -0.39 is 0 Å². The quantitative estimate of drug-likeness (QED) is 0.263. The molecule has 1 aliphatic rings. The number of carbonyl (C=O) groups is 1. The van der Waals surface area contributed by atoms with Crippen molar-refractivity contribution in [3.8, 4) is 21.8 Å². The van der Waals surface area contributed by atoms with Crippen molar-refractivity contribution < 1.29 is 4.79 Å². The number of aromatic nitrogens is 2. The van der Waals surface area contributed by atoms with Crippen molar-refractivity contribution in [3.05, 3.63) is 75.6 Å². The number of amides is 1. The van der Waals surface area contributed by atoms with Crippen LogP contribution in [0.25, 0.3) is 21.8 Å². The molecule has 0 unspecified atom stereocenters. The summed E-state index contributed by atoms with van der Waals surface area (Å²) in [5.41, 5.74) is 5.35. The largest absolute Gasteiger partial charge is 0.372 e. The Balaban J connectivity index is 1.22. The van der Waals surface area contributed by atoms with E-state index in [0.29, 0.717) is 5.92 Å². The first-order valence-electron chi connectivity index (χ1n) is 12.7. The molecule has 1 amide bonds. The Kier molecular flexibility index (Phi) is 7.48. The second-order valence-corrected chi connectivity index (χ2v) is 11.0. The van der Waals surface area contributed by atoms with E-state index in [9.17, 15) is 4.79 Å². The Morgan fingerprint density at radius 3 is 2.33 bits per heavy atom. The number of nitrogens with zero attached hydrogens (tertiary/aromatic N) is 4. The predicted octanol–water partition coefficient (Wildman–Crippen LogP) is 7.11. The molecular formula is C29H32N4OS2. The van der Waals surface area contributed by atoms with E-state index in [2.05, 4.69) is 53.4 Å². The second-order valence-electron chi connectivity index (χ2n) is 9.16. The van der Waals surface area contributed by atoms with Crippen LogP contribution in [0.4, 0.5) is 5.69 Å². The fourth-order valence-electron chi connectivity index (χ4n) is 4.81. The van der Waals surface area contributed by atoms with Crippen LogP contribution in [-0.2, 0) is 0 Å². The highest BCUT2D eigenvalue weighted by molar-refractivity contribution is 7.17. The highest BCUT2D eigenvalue weighted by Crippen LogP contribution is 2.35. The molecule has 1 aliphatic heterocycles. The molecule has 0 atom stereocenters. The van der Waals surface area contributed by atoms with Crippen molar-refractivity contribution in [2.45, 2.75) is 39.5 Å². The molecule has 1 fully saturated rings. The zero-order valence-electron chi connectivity index (χ0n) is 21.1. The molecule has 0 N–H and O–H groups in total. The lowest BCUT2D eigenvalue weighted by molar-refractivity contribution is 0.0717. The molecule has 186 valence electrons. The molecular weight excluding hydrogens is 484 g/mol. The standard InChI is InChI=1S/C29H32N4OS2/c1-4-32(5-2)24-13-11-21(12-14-24)25-19-35-27(31-25)23-15-17-33(18-16-23)29(34)26-20(3)30-28(36-26)22-9-7-6-8-10-22/h6-14,19,23H,4-5,15-18H2,1-3H3. The minimum absolute atomic E-state index is 0.110. The number of thiazole rings is 2. The predicted molar refractivity (Wildman–Crippen MR) is 151 cm³/mol. The number of anilines is 1. The molecule has 7 heteroatoms. The lowest BCUT2D eigenvalue weighted by Crippen LogP contribution is -2.37. The monoisotopic (exact) mass is 516 g/mol. The van der Waals surface area contributed by atoms with Crippen LogP contribution in [0.15, 0.2) is 60.0 Å². The average Bonchev–Trinajstić information content (AvgIpc) is 3.57. The van der Waals surface area contributed by atoms with Gasteiger partial charge in [-0.25, -0.2) is 9.97 Å². The van der Waals surface area contributed by atoms with Gasteiger partial charge in [-0.2, -0.15) is 0 Å². The zero-order chi connectivity index (χ0) is 25.1. The van der Waals surface area contributed by atoms with E-state index >= 15 is 0 Å². The van der Waals surface area contributed by atoms with Crippen LogP contribution < -0.4 is 4.90 Å². The lowest BCUT2D eigenvalue weighted by atomic mass is 9.97. The molecule has 0 spiro atoms. The van der Waals surface area contributed by atoms with Gasteiger partial charge < -0.3 is 9.80 Å². The molecule has 4 aromatic rings. The van der Waals surface area contributed by atoms with Crippen molar-refractivity contribution in [2.75, 3.05) is 31.1 Å². The molecule has 3 heterocycles. The third-order valence-electron chi connectivity index (χ3n) is 6.96. The summed E-state index contributed by atoms with van der Waals surface area (Å²) in [7, 11) is 0. The molecule has 2 aromatic heterocycles. The molecule has 1 saturated heterocycles. The van der Waals surface area contributed by atoms with E-state index in [1.807, 2.05) is 42.2 Å². The van der Waals surface area contributed by atoms with Gasteiger partial charge in [0.15, 0.2) is 0 Å². The van der Waals surface area contributed by atoms with Crippen LogP contribution in [0.3, 0.4) is 0 Å². The van der Waals surface area contributed by atoms with Gasteiger partial charge in [0.2, 0.25) is 0 Å². The minimum atomic E-state index is 0.110. The average molecular weight is 517 g/mol. The highest BCUT2D eigenvalue weighted by Gasteiger charge is 2.28. The smallest absolute Gasteiger partial charge is 0.265 e. The summed E-state index contributed by atoms with van der Waals surface area (Å²) in [5.74, 6) is 0.518. The van der Waals surface area contributed by atoms with Crippen molar-refractivity contribution in [3.63, 3.8) is 0 Å². The second kappa shape index (κ2) is 10.9. The SMILES string of the molecule is CCN(CC)c1ccc(-c2csc(C3CCN(C(=O)c4sc(-c5ccccc5)nc4C)CC3)n2)cc1. The molecule has 0 bridgehead atoms. The van der Waals surface area contributed by atoms with E-state index in [1.165, 1.54) is 22.0 Å². The summed E-state index contributed by atoms with van der Waals surface area (Å²) < 4.78 is 0. The molecule has 5 rings (SSSR count). The van der Waals surface area contributed by atoms with Crippen molar-refractivity contribution in [2.24, 2.45) is 0 Å². The van der Waals surface area contributed by atoms with Gasteiger partial charge in [0.05, 0.1) is 16.4 Å². The zero-order valence-corrected chi connectivity index (χ0v) is 22.7. The number of carbonyl (C=O) groups excluding carboxylic acids is 1. The summed E-state index contributed by atoms with van der Waals surface area (Å²) in [4.78, 5) is 28.1. The van der Waals surface area contributed by atoms with Gasteiger partial charge in [0.1, 0.15) is 9.88 Å². The molecule has 0 saturated carbocycles. The van der Waals surface area contributed by atoms with Gasteiger partial charge in [-0.1, -0.05) is 42.5 Å². The van der Waals surface area contributed by atoms with Gasteiger partial charge in [0.25, 0.3) is 5.91 Å². The number of likely N-dealkylation sites (tertiary alicyclic amines) is 1. The minimum Gasteiger partial charge on any atom is -0.372 e. The van der Waals surface area contributed by atoms with Crippen LogP contribution in [0.2, 0.25) is 0 Å². The van der Waals surface area contributed by atoms with Crippen LogP contribution >= 0.6 is 22.7 Å². The topological polar surface area (TPSA) is 49.3 Å². The maximum absolute atomic E-state index is 13.3. The Bertz CT molecular complexity index is 1300. The van der Waals surface area contributed by atoms with Gasteiger partial charge >= 0.3 is 0 Å². The fraction of sp³-hybridized carbons (Fsp3) is 0.345. The first-order chi connectivity index (χ1) is 17.6. The Labute approximate surface area is 221 Å². The first-order valence-corrected chi connectivity index (χ1v) is 14.4. The summed E-state index contributed by atoms with van der Waals surface area (Å²) in [6.45, 7) is 9.84. The lowest BCUT2D eigenvalue weighted by Gasteiger charge is -2.30. The molecule has 36 heavy (non-hydrogen) atoms. The number of aryl methyl sites for hydroxylation is 1. The van der Waals surface area contributed by atoms with Gasteiger partial charge in [-0.3, -0.25) is 4.79 Å². The van der Waals surface area contributed by atoms with Crippen LogP contribution in [-0.4, -0.2) is 47.0 Å². The van der Waals surface area contributed by atoms with Crippen molar-refractivity contribution >= 4 is 34.3 Å². The molecule has 0 aliphatic carbocycles. The molecule has 5 nitrogen and oxygen atoms in total. The first kappa shape index (κ1) is 24.7. The maximum atomic E-state index is 13.3. The summed E-state index contributed by atoms with van der Waals surface area (Å²) >= 11 is 3.25. The van der Waals surface area contributed by atoms with Crippen molar-refractivity contribution in [1.82, 2.24) is 14.9 Å². The van der Waals surface area contributed by atoms with E-state index in [4.69, 9.17) is 4.98 Å². The third-order valence-corrected chi connectivity index (χ3v) is 9.16. The number of hydrogen-bond acceptors (Lipinski definition) is 6. The van der Waals surface area contributed by atoms with Gasteiger partial charge in [-0.15, -0.1) is 22.7 Å². The summed E-state index contributed by atoms with van der Waals surface area (Å²) in [5, 5.41) is 4.27. The molecule has 2 aromatic carbocycles. The third kappa shape index (κ3) is 5.08. The van der Waals surface area contributed by atoms with E-state index in [0.717, 1.165) is 71.4 Å².